The highest BCUT2D eigenvalue weighted by Crippen LogP contribution is 2.38. The van der Waals surface area contributed by atoms with Crippen LogP contribution in [0.25, 0.3) is 0 Å². The van der Waals surface area contributed by atoms with Crippen LogP contribution in [0.4, 0.5) is 4.79 Å². The van der Waals surface area contributed by atoms with E-state index in [1.165, 1.54) is 0 Å². The Bertz CT molecular complexity index is 1140. The molecule has 3 aromatic carbocycles. The summed E-state index contributed by atoms with van der Waals surface area (Å²) in [5.74, 6) is -0.563. The molecule has 194 valence electrons. The van der Waals surface area contributed by atoms with Crippen LogP contribution in [-0.2, 0) is 27.3 Å². The monoisotopic (exact) mass is 500 g/mol. The maximum Gasteiger partial charge on any atom is 0.408 e. The lowest BCUT2D eigenvalue weighted by Crippen LogP contribution is -2.48. The first-order chi connectivity index (χ1) is 17.9. The summed E-state index contributed by atoms with van der Waals surface area (Å²) < 4.78 is 11.5. The van der Waals surface area contributed by atoms with Crippen LogP contribution in [0.15, 0.2) is 91.0 Å². The number of rotatable bonds is 12. The molecular formula is C31H36N2O4. The van der Waals surface area contributed by atoms with Gasteiger partial charge in [0, 0.05) is 6.04 Å². The standard InChI is InChI=1S/C31H36N2O4/c1-21(2)28(33-31(35)36-20-23-14-8-4-9-15-23)29(34)25(18-22-12-6-3-7-13-22)30-27(37-30)19-26(32)24-16-10-5-11-17-24/h3-17,21,25-28,30H,18-20,32H2,1-2H3,(H,33,35)/t25?,26?,27?,28-,30?/m0/s1. The average Bonchev–Trinajstić information content (AvgIpc) is 3.68. The van der Waals surface area contributed by atoms with Crippen molar-refractivity contribution in [2.45, 2.75) is 57.6 Å². The van der Waals surface area contributed by atoms with Crippen molar-refractivity contribution in [3.8, 4) is 0 Å². The first-order valence-corrected chi connectivity index (χ1v) is 12.9. The number of amides is 1. The molecule has 0 saturated carbocycles. The number of carbonyl (C=O) groups is 2. The molecule has 6 nitrogen and oxygen atoms in total. The van der Waals surface area contributed by atoms with Gasteiger partial charge in [0.25, 0.3) is 0 Å². The predicted molar refractivity (Wildman–Crippen MR) is 144 cm³/mol. The maximum absolute atomic E-state index is 13.9. The van der Waals surface area contributed by atoms with E-state index in [1.807, 2.05) is 105 Å². The number of nitrogens with one attached hydrogen (secondary N) is 1. The van der Waals surface area contributed by atoms with Crippen LogP contribution < -0.4 is 11.1 Å². The minimum atomic E-state index is -0.690. The summed E-state index contributed by atoms with van der Waals surface area (Å²) >= 11 is 0. The number of hydrogen-bond acceptors (Lipinski definition) is 5. The normalized spacial score (nSPS) is 19.0. The lowest BCUT2D eigenvalue weighted by atomic mass is 9.83. The van der Waals surface area contributed by atoms with Gasteiger partial charge in [-0.25, -0.2) is 4.79 Å². The van der Waals surface area contributed by atoms with Gasteiger partial charge in [0.1, 0.15) is 6.61 Å². The number of benzene rings is 3. The minimum Gasteiger partial charge on any atom is -0.445 e. The Morgan fingerprint density at radius 3 is 2.05 bits per heavy atom. The number of alkyl carbamates (subject to hydrolysis) is 1. The fraction of sp³-hybridized carbons (Fsp3) is 0.355. The van der Waals surface area contributed by atoms with Gasteiger partial charge in [-0.2, -0.15) is 0 Å². The molecule has 4 rings (SSSR count). The first-order valence-electron chi connectivity index (χ1n) is 12.9. The molecule has 1 aliphatic heterocycles. The second kappa shape index (κ2) is 12.7. The Labute approximate surface area is 219 Å². The van der Waals surface area contributed by atoms with Gasteiger partial charge in [-0.05, 0) is 35.4 Å². The van der Waals surface area contributed by atoms with Crippen molar-refractivity contribution in [1.82, 2.24) is 5.32 Å². The van der Waals surface area contributed by atoms with E-state index < -0.39 is 18.1 Å². The predicted octanol–water partition coefficient (Wildman–Crippen LogP) is 5.22. The third kappa shape index (κ3) is 7.51. The second-order valence-electron chi connectivity index (χ2n) is 10.0. The fourth-order valence-electron chi connectivity index (χ4n) is 4.72. The highest BCUT2D eigenvalue weighted by Gasteiger charge is 2.49. The highest BCUT2D eigenvalue weighted by molar-refractivity contribution is 5.90. The molecule has 1 amide bonds. The topological polar surface area (TPSA) is 93.9 Å². The van der Waals surface area contributed by atoms with Gasteiger partial charge in [-0.15, -0.1) is 0 Å². The molecule has 0 aromatic heterocycles. The number of ether oxygens (including phenoxy) is 2. The molecule has 1 aliphatic rings. The lowest BCUT2D eigenvalue weighted by Gasteiger charge is -2.25. The van der Waals surface area contributed by atoms with Gasteiger partial charge >= 0.3 is 6.09 Å². The summed E-state index contributed by atoms with van der Waals surface area (Å²) in [5, 5.41) is 2.83. The van der Waals surface area contributed by atoms with Crippen molar-refractivity contribution in [2.75, 3.05) is 0 Å². The maximum atomic E-state index is 13.9. The van der Waals surface area contributed by atoms with E-state index in [1.54, 1.807) is 0 Å². The summed E-state index contributed by atoms with van der Waals surface area (Å²) in [5.41, 5.74) is 9.43. The molecule has 6 heteroatoms. The van der Waals surface area contributed by atoms with Crippen molar-refractivity contribution < 1.29 is 19.1 Å². The van der Waals surface area contributed by atoms with Gasteiger partial charge in [0.05, 0.1) is 24.2 Å². The van der Waals surface area contributed by atoms with E-state index in [0.717, 1.165) is 16.7 Å². The van der Waals surface area contributed by atoms with E-state index >= 15 is 0 Å². The molecule has 4 unspecified atom stereocenters. The smallest absolute Gasteiger partial charge is 0.408 e. The van der Waals surface area contributed by atoms with Gasteiger partial charge < -0.3 is 20.5 Å². The van der Waals surface area contributed by atoms with E-state index in [9.17, 15) is 9.59 Å². The molecule has 5 atom stereocenters. The molecule has 3 N–H and O–H groups in total. The zero-order valence-electron chi connectivity index (χ0n) is 21.5. The molecular weight excluding hydrogens is 464 g/mol. The molecule has 1 saturated heterocycles. The van der Waals surface area contributed by atoms with Crippen LogP contribution in [0.5, 0.6) is 0 Å². The Kier molecular flexibility index (Phi) is 9.09. The van der Waals surface area contributed by atoms with Crippen LogP contribution in [0.2, 0.25) is 0 Å². The Morgan fingerprint density at radius 2 is 1.46 bits per heavy atom. The van der Waals surface area contributed by atoms with Gasteiger partial charge in [-0.3, -0.25) is 4.79 Å². The number of carbonyl (C=O) groups excluding carboxylic acids is 2. The summed E-state index contributed by atoms with van der Waals surface area (Å²) in [6, 6.07) is 28.4. The van der Waals surface area contributed by atoms with Crippen molar-refractivity contribution in [3.63, 3.8) is 0 Å². The van der Waals surface area contributed by atoms with Crippen molar-refractivity contribution in [1.29, 1.82) is 0 Å². The van der Waals surface area contributed by atoms with E-state index in [-0.39, 0.29) is 36.6 Å². The number of epoxide rings is 1. The Hall–Kier alpha value is -3.48. The molecule has 1 heterocycles. The number of ketones is 1. The molecule has 0 radical (unpaired) electrons. The van der Waals surface area contributed by atoms with Crippen LogP contribution in [0.1, 0.15) is 43.0 Å². The average molecular weight is 501 g/mol. The largest absolute Gasteiger partial charge is 0.445 e. The van der Waals surface area contributed by atoms with E-state index in [4.69, 9.17) is 15.2 Å². The SMILES string of the molecule is CC(C)[C@H](NC(=O)OCc1ccccc1)C(=O)C(Cc1ccccc1)C1OC1CC(N)c1ccccc1. The summed E-state index contributed by atoms with van der Waals surface area (Å²) in [6.07, 6.45) is 0.211. The molecule has 1 fully saturated rings. The third-order valence-electron chi connectivity index (χ3n) is 6.86. The minimum absolute atomic E-state index is 0.0451. The Balaban J connectivity index is 1.44. The van der Waals surface area contributed by atoms with E-state index in [0.29, 0.717) is 12.8 Å². The Morgan fingerprint density at radius 1 is 0.892 bits per heavy atom. The van der Waals surface area contributed by atoms with Gasteiger partial charge in [0.2, 0.25) is 0 Å². The zero-order chi connectivity index (χ0) is 26.2. The van der Waals surface area contributed by atoms with Crippen LogP contribution in [0, 0.1) is 11.8 Å². The van der Waals surface area contributed by atoms with E-state index in [2.05, 4.69) is 5.32 Å². The summed E-state index contributed by atoms with van der Waals surface area (Å²) in [4.78, 5) is 26.5. The summed E-state index contributed by atoms with van der Waals surface area (Å²) in [6.45, 7) is 4.00. The molecule has 3 aromatic rings. The van der Waals surface area contributed by atoms with Crippen molar-refractivity contribution >= 4 is 11.9 Å². The van der Waals surface area contributed by atoms with Gasteiger partial charge in [-0.1, -0.05) is 105 Å². The molecule has 0 bridgehead atoms. The second-order valence-corrected chi connectivity index (χ2v) is 10.0. The number of Topliss-reactive ketones (excluding diaryl/α,β-unsaturated/α-hetero) is 1. The lowest BCUT2D eigenvalue weighted by molar-refractivity contribution is -0.126. The van der Waals surface area contributed by atoms with Crippen molar-refractivity contribution in [2.24, 2.45) is 17.6 Å². The highest BCUT2D eigenvalue weighted by atomic mass is 16.6. The number of nitrogens with two attached hydrogens (primary N) is 1. The molecule has 0 aliphatic carbocycles. The van der Waals surface area contributed by atoms with Crippen LogP contribution >= 0.6 is 0 Å². The van der Waals surface area contributed by atoms with Crippen molar-refractivity contribution in [3.05, 3.63) is 108 Å². The first kappa shape index (κ1) is 26.6. The zero-order valence-corrected chi connectivity index (χ0v) is 21.5. The van der Waals surface area contributed by atoms with Crippen LogP contribution in [-0.4, -0.2) is 30.1 Å². The summed E-state index contributed by atoms with van der Waals surface area (Å²) in [7, 11) is 0. The van der Waals surface area contributed by atoms with Gasteiger partial charge in [0.15, 0.2) is 5.78 Å². The quantitative estimate of drug-likeness (QED) is 0.333. The fourth-order valence-corrected chi connectivity index (χ4v) is 4.72. The number of hydrogen-bond donors (Lipinski definition) is 2. The van der Waals surface area contributed by atoms with Crippen LogP contribution in [0.3, 0.4) is 0 Å². The molecule has 37 heavy (non-hydrogen) atoms. The molecule has 0 spiro atoms. The third-order valence-corrected chi connectivity index (χ3v) is 6.86.